The number of hydrogen-bond acceptors (Lipinski definition) is 3. The lowest BCUT2D eigenvalue weighted by Gasteiger charge is -2.23. The normalized spacial score (nSPS) is 16.7. The highest BCUT2D eigenvalue weighted by Crippen LogP contribution is 2.20. The number of benzene rings is 2. The molecule has 2 aromatic carbocycles. The lowest BCUT2D eigenvalue weighted by atomic mass is 10.1. The van der Waals surface area contributed by atoms with Gasteiger partial charge in [0.25, 0.3) is 5.91 Å². The predicted octanol–water partition coefficient (Wildman–Crippen LogP) is 3.15. The number of carbonyl (C=O) groups excluding carboxylic acids is 1. The van der Waals surface area contributed by atoms with Gasteiger partial charge in [-0.25, -0.2) is 0 Å². The van der Waals surface area contributed by atoms with Crippen LogP contribution in [0.5, 0.6) is 0 Å². The molecule has 0 aromatic heterocycles. The summed E-state index contributed by atoms with van der Waals surface area (Å²) in [5.74, 6) is 0.894. The van der Waals surface area contributed by atoms with Crippen molar-refractivity contribution in [2.24, 2.45) is 4.99 Å². The van der Waals surface area contributed by atoms with Crippen molar-refractivity contribution >= 4 is 11.9 Å². The van der Waals surface area contributed by atoms with Crippen molar-refractivity contribution in [3.05, 3.63) is 71.3 Å². The molecule has 6 heteroatoms. The number of carbonyl (C=O) groups is 1. The summed E-state index contributed by atoms with van der Waals surface area (Å²) >= 11 is 0. The molecule has 3 rings (SSSR count). The van der Waals surface area contributed by atoms with Crippen LogP contribution in [0.2, 0.25) is 0 Å². The smallest absolute Gasteiger partial charge is 0.253 e. The Labute approximate surface area is 192 Å². The minimum Gasteiger partial charge on any atom is -0.357 e. The highest BCUT2D eigenvalue weighted by molar-refractivity contribution is 5.94. The molecule has 0 radical (unpaired) electrons. The van der Waals surface area contributed by atoms with E-state index in [0.29, 0.717) is 6.04 Å². The van der Waals surface area contributed by atoms with Crippen LogP contribution in [0, 0.1) is 0 Å². The van der Waals surface area contributed by atoms with Gasteiger partial charge >= 0.3 is 0 Å². The summed E-state index contributed by atoms with van der Waals surface area (Å²) in [6.07, 6.45) is 3.27. The van der Waals surface area contributed by atoms with Crippen LogP contribution >= 0.6 is 0 Å². The topological polar surface area (TPSA) is 60.0 Å². The Bertz CT molecular complexity index is 881. The lowest BCUT2D eigenvalue weighted by molar-refractivity contribution is 0.0827. The summed E-state index contributed by atoms with van der Waals surface area (Å²) in [6.45, 7) is 6.62. The van der Waals surface area contributed by atoms with Crippen LogP contribution in [0.1, 0.15) is 41.3 Å². The number of likely N-dealkylation sites (tertiary alicyclic amines) is 1. The van der Waals surface area contributed by atoms with E-state index in [2.05, 4.69) is 58.9 Å². The van der Waals surface area contributed by atoms with E-state index in [4.69, 9.17) is 4.99 Å². The standard InChI is InChI=1S/C26H37N5O/c1-4-27-26(28-16-15-21-12-8-13-23(18-21)25(32)30(2)3)29-19-24-14-9-17-31(24)20-22-10-6-5-7-11-22/h5-8,10-13,18,24H,4,9,14-17,19-20H2,1-3H3,(H2,27,28,29). The van der Waals surface area contributed by atoms with Crippen molar-refractivity contribution in [2.75, 3.05) is 40.3 Å². The molecule has 1 amide bonds. The number of hydrogen-bond donors (Lipinski definition) is 2. The van der Waals surface area contributed by atoms with Crippen LogP contribution in [-0.2, 0) is 13.0 Å². The zero-order valence-corrected chi connectivity index (χ0v) is 19.7. The highest BCUT2D eigenvalue weighted by atomic mass is 16.2. The van der Waals surface area contributed by atoms with Crippen molar-refractivity contribution in [1.82, 2.24) is 20.4 Å². The average molecular weight is 436 g/mol. The maximum absolute atomic E-state index is 12.2. The molecule has 0 saturated carbocycles. The fourth-order valence-corrected chi connectivity index (χ4v) is 4.11. The van der Waals surface area contributed by atoms with E-state index in [1.54, 1.807) is 19.0 Å². The highest BCUT2D eigenvalue weighted by Gasteiger charge is 2.24. The first kappa shape index (κ1) is 23.8. The van der Waals surface area contributed by atoms with Gasteiger partial charge in [-0.1, -0.05) is 42.5 Å². The van der Waals surface area contributed by atoms with Gasteiger partial charge in [0.15, 0.2) is 5.96 Å². The van der Waals surface area contributed by atoms with E-state index in [1.807, 2.05) is 18.2 Å². The summed E-state index contributed by atoms with van der Waals surface area (Å²) in [5, 5.41) is 6.82. The minimum absolute atomic E-state index is 0.0336. The molecular weight excluding hydrogens is 398 g/mol. The van der Waals surface area contributed by atoms with Gasteiger partial charge < -0.3 is 15.5 Å². The van der Waals surface area contributed by atoms with Crippen LogP contribution in [-0.4, -0.2) is 68.0 Å². The molecule has 1 heterocycles. The number of aliphatic imine (C=N–C) groups is 1. The Balaban J connectivity index is 1.52. The van der Waals surface area contributed by atoms with E-state index in [1.165, 1.54) is 18.4 Å². The molecule has 172 valence electrons. The van der Waals surface area contributed by atoms with Crippen molar-refractivity contribution in [3.63, 3.8) is 0 Å². The van der Waals surface area contributed by atoms with Crippen LogP contribution in [0.15, 0.2) is 59.6 Å². The van der Waals surface area contributed by atoms with E-state index in [0.717, 1.165) is 56.2 Å². The molecule has 0 bridgehead atoms. The van der Waals surface area contributed by atoms with E-state index >= 15 is 0 Å². The number of nitrogens with zero attached hydrogens (tertiary/aromatic N) is 3. The average Bonchev–Trinajstić information content (AvgIpc) is 3.24. The van der Waals surface area contributed by atoms with Gasteiger partial charge in [0, 0.05) is 45.3 Å². The van der Waals surface area contributed by atoms with Gasteiger partial charge in [0.05, 0.1) is 6.54 Å². The number of amides is 1. The second kappa shape index (κ2) is 12.2. The first-order valence-electron chi connectivity index (χ1n) is 11.7. The Morgan fingerprint density at radius 1 is 1.09 bits per heavy atom. The minimum atomic E-state index is 0.0336. The van der Waals surface area contributed by atoms with Crippen LogP contribution < -0.4 is 10.6 Å². The molecule has 1 unspecified atom stereocenters. The van der Waals surface area contributed by atoms with Gasteiger partial charge in [-0.2, -0.15) is 0 Å². The molecule has 1 fully saturated rings. The molecule has 0 aliphatic carbocycles. The van der Waals surface area contributed by atoms with Gasteiger partial charge in [0.1, 0.15) is 0 Å². The number of nitrogens with one attached hydrogen (secondary N) is 2. The predicted molar refractivity (Wildman–Crippen MR) is 132 cm³/mol. The first-order valence-corrected chi connectivity index (χ1v) is 11.7. The number of rotatable bonds is 9. The van der Waals surface area contributed by atoms with E-state index in [-0.39, 0.29) is 5.91 Å². The molecule has 6 nitrogen and oxygen atoms in total. The third-order valence-corrected chi connectivity index (χ3v) is 5.82. The third-order valence-electron chi connectivity index (χ3n) is 5.82. The Kier molecular flexibility index (Phi) is 9.11. The first-order chi connectivity index (χ1) is 15.6. The zero-order chi connectivity index (χ0) is 22.8. The SMILES string of the molecule is CCNC(=NCC1CCCN1Cc1ccccc1)NCCc1cccc(C(=O)N(C)C)c1. The maximum atomic E-state index is 12.2. The molecule has 1 atom stereocenters. The Morgan fingerprint density at radius 2 is 1.88 bits per heavy atom. The molecule has 32 heavy (non-hydrogen) atoms. The van der Waals surface area contributed by atoms with Gasteiger partial charge in [0.2, 0.25) is 0 Å². The second-order valence-electron chi connectivity index (χ2n) is 8.55. The fraction of sp³-hybridized carbons (Fsp3) is 0.462. The maximum Gasteiger partial charge on any atom is 0.253 e. The summed E-state index contributed by atoms with van der Waals surface area (Å²) in [5.41, 5.74) is 3.24. The van der Waals surface area contributed by atoms with Gasteiger partial charge in [-0.15, -0.1) is 0 Å². The Morgan fingerprint density at radius 3 is 2.62 bits per heavy atom. The molecule has 2 aromatic rings. The van der Waals surface area contributed by atoms with E-state index < -0.39 is 0 Å². The van der Waals surface area contributed by atoms with Crippen LogP contribution in [0.25, 0.3) is 0 Å². The van der Waals surface area contributed by atoms with Crippen molar-refractivity contribution in [3.8, 4) is 0 Å². The van der Waals surface area contributed by atoms with Gasteiger partial charge in [-0.05, 0) is 56.0 Å². The monoisotopic (exact) mass is 435 g/mol. The lowest BCUT2D eigenvalue weighted by Crippen LogP contribution is -2.40. The second-order valence-corrected chi connectivity index (χ2v) is 8.55. The molecule has 1 saturated heterocycles. The molecular formula is C26H37N5O. The zero-order valence-electron chi connectivity index (χ0n) is 19.7. The van der Waals surface area contributed by atoms with E-state index in [9.17, 15) is 4.79 Å². The van der Waals surface area contributed by atoms with Crippen molar-refractivity contribution in [2.45, 2.75) is 38.8 Å². The van der Waals surface area contributed by atoms with Crippen molar-refractivity contribution in [1.29, 1.82) is 0 Å². The fourth-order valence-electron chi connectivity index (χ4n) is 4.11. The van der Waals surface area contributed by atoms with Crippen LogP contribution in [0.3, 0.4) is 0 Å². The van der Waals surface area contributed by atoms with Crippen LogP contribution in [0.4, 0.5) is 0 Å². The third kappa shape index (κ3) is 7.09. The largest absolute Gasteiger partial charge is 0.357 e. The quantitative estimate of drug-likeness (QED) is 0.469. The summed E-state index contributed by atoms with van der Waals surface area (Å²) in [7, 11) is 3.56. The van der Waals surface area contributed by atoms with Gasteiger partial charge in [-0.3, -0.25) is 14.7 Å². The Hall–Kier alpha value is -2.86. The summed E-state index contributed by atoms with van der Waals surface area (Å²) < 4.78 is 0. The summed E-state index contributed by atoms with van der Waals surface area (Å²) in [4.78, 5) is 21.2. The van der Waals surface area contributed by atoms with Crippen molar-refractivity contribution < 1.29 is 4.79 Å². The molecule has 1 aliphatic rings. The molecule has 1 aliphatic heterocycles. The molecule has 0 spiro atoms. The molecule has 2 N–H and O–H groups in total. The summed E-state index contributed by atoms with van der Waals surface area (Å²) in [6, 6.07) is 19.0. The number of guanidine groups is 1.